The largest absolute Gasteiger partial charge is 0.349 e. The molecule has 4 fully saturated rings. The molecule has 2 aromatic rings. The third kappa shape index (κ3) is 4.10. The summed E-state index contributed by atoms with van der Waals surface area (Å²) < 4.78 is 1.94. The number of amides is 1. The summed E-state index contributed by atoms with van der Waals surface area (Å²) in [6, 6.07) is 8.54. The lowest BCUT2D eigenvalue weighted by atomic mass is 9.54. The fourth-order valence-corrected chi connectivity index (χ4v) is 6.95. The summed E-state index contributed by atoms with van der Waals surface area (Å²) in [6.45, 7) is 7.61. The summed E-state index contributed by atoms with van der Waals surface area (Å²) in [7, 11) is 0. The summed E-state index contributed by atoms with van der Waals surface area (Å²) in [4.78, 5) is 13.0. The molecule has 1 aromatic heterocycles. The molecule has 0 aliphatic heterocycles. The van der Waals surface area contributed by atoms with Gasteiger partial charge in [0.05, 0.1) is 5.69 Å². The average molecular weight is 455 g/mol. The molecule has 1 amide bonds. The van der Waals surface area contributed by atoms with E-state index in [-0.39, 0.29) is 11.9 Å². The van der Waals surface area contributed by atoms with Crippen molar-refractivity contribution in [2.45, 2.75) is 65.0 Å². The van der Waals surface area contributed by atoms with E-state index in [0.717, 1.165) is 47.0 Å². The molecule has 32 heavy (non-hydrogen) atoms. The zero-order valence-corrected chi connectivity index (χ0v) is 20.2. The Hall–Kier alpha value is -1.85. The molecule has 4 saturated carbocycles. The fraction of sp³-hybridized carbons (Fsp3) is 0.615. The van der Waals surface area contributed by atoms with Crippen LogP contribution in [0.15, 0.2) is 24.3 Å². The second kappa shape index (κ2) is 8.83. The molecule has 6 heteroatoms. The molecule has 0 unspecified atom stereocenters. The van der Waals surface area contributed by atoms with Gasteiger partial charge < -0.3 is 10.6 Å². The van der Waals surface area contributed by atoms with Crippen molar-refractivity contribution in [3.8, 4) is 11.3 Å². The summed E-state index contributed by atoms with van der Waals surface area (Å²) >= 11 is 6.07. The van der Waals surface area contributed by atoms with Gasteiger partial charge in [0.15, 0.2) is 5.69 Å². The van der Waals surface area contributed by atoms with Crippen LogP contribution in [0.2, 0.25) is 5.02 Å². The summed E-state index contributed by atoms with van der Waals surface area (Å²) in [6.07, 6.45) is 7.13. The Morgan fingerprint density at radius 1 is 1.06 bits per heavy atom. The van der Waals surface area contributed by atoms with E-state index in [1.807, 2.05) is 35.9 Å². The van der Waals surface area contributed by atoms with Gasteiger partial charge >= 0.3 is 0 Å². The Kier molecular flexibility index (Phi) is 6.06. The highest BCUT2D eigenvalue weighted by atomic mass is 35.5. The van der Waals surface area contributed by atoms with E-state index in [0.29, 0.717) is 23.3 Å². The molecule has 1 aromatic carbocycles. The number of nitrogens with zero attached hydrogens (tertiary/aromatic N) is 2. The summed E-state index contributed by atoms with van der Waals surface area (Å²) in [5.74, 6) is 3.60. The predicted molar refractivity (Wildman–Crippen MR) is 129 cm³/mol. The van der Waals surface area contributed by atoms with E-state index >= 15 is 0 Å². The molecule has 0 radical (unpaired) electrons. The van der Waals surface area contributed by atoms with Crippen molar-refractivity contribution in [1.82, 2.24) is 20.4 Å². The molecular weight excluding hydrogens is 420 g/mol. The van der Waals surface area contributed by atoms with Gasteiger partial charge in [-0.05, 0) is 88.7 Å². The predicted octanol–water partition coefficient (Wildman–Crippen LogP) is 5.24. The number of benzene rings is 1. The molecule has 4 aliphatic rings. The number of nitrogens with one attached hydrogen (secondary N) is 2. The van der Waals surface area contributed by atoms with Crippen LogP contribution >= 0.6 is 11.6 Å². The van der Waals surface area contributed by atoms with Crippen LogP contribution in [-0.2, 0) is 0 Å². The van der Waals surface area contributed by atoms with E-state index < -0.39 is 0 Å². The van der Waals surface area contributed by atoms with Crippen molar-refractivity contribution in [3.05, 3.63) is 40.5 Å². The highest BCUT2D eigenvalue weighted by Gasteiger charge is 2.47. The van der Waals surface area contributed by atoms with Gasteiger partial charge in [0, 0.05) is 41.3 Å². The van der Waals surface area contributed by atoms with Crippen molar-refractivity contribution >= 4 is 17.5 Å². The van der Waals surface area contributed by atoms with Gasteiger partial charge in [-0.1, -0.05) is 23.7 Å². The smallest absolute Gasteiger partial charge is 0.272 e. The maximum Gasteiger partial charge on any atom is 0.272 e. The van der Waals surface area contributed by atoms with Crippen LogP contribution in [0.25, 0.3) is 11.3 Å². The van der Waals surface area contributed by atoms with Crippen molar-refractivity contribution in [2.24, 2.45) is 23.7 Å². The molecule has 4 bridgehead atoms. The van der Waals surface area contributed by atoms with Gasteiger partial charge in [0.2, 0.25) is 0 Å². The molecule has 0 saturated heterocycles. The Bertz CT molecular complexity index is 952. The van der Waals surface area contributed by atoms with Crippen LogP contribution in [0, 0.1) is 30.6 Å². The molecule has 2 N–H and O–H groups in total. The first kappa shape index (κ1) is 22.0. The van der Waals surface area contributed by atoms with Gasteiger partial charge in [-0.3, -0.25) is 9.48 Å². The van der Waals surface area contributed by atoms with Crippen molar-refractivity contribution < 1.29 is 4.79 Å². The van der Waals surface area contributed by atoms with Gasteiger partial charge in [0.25, 0.3) is 5.91 Å². The number of rotatable bonds is 7. The lowest BCUT2D eigenvalue weighted by molar-refractivity contribution is -0.0133. The van der Waals surface area contributed by atoms with Gasteiger partial charge in [-0.25, -0.2) is 0 Å². The lowest BCUT2D eigenvalue weighted by Gasteiger charge is -2.54. The third-order valence-electron chi connectivity index (χ3n) is 7.99. The van der Waals surface area contributed by atoms with E-state index in [1.165, 1.54) is 32.1 Å². The molecule has 172 valence electrons. The lowest BCUT2D eigenvalue weighted by Crippen LogP contribution is -2.55. The van der Waals surface area contributed by atoms with Crippen LogP contribution in [-0.4, -0.2) is 34.8 Å². The van der Waals surface area contributed by atoms with E-state index in [4.69, 9.17) is 11.6 Å². The standard InChI is InChI=1S/C26H35ClN4O/c1-15(2)31-25(19-4-6-22(27)7-5-19)16(3)23(30-31)26(32)29-9-8-28-24-20-11-17-10-18(13-20)14-21(24)12-17/h4-7,15,17-18,20-21,24,28H,8-14H2,1-3H3,(H,29,32). The van der Waals surface area contributed by atoms with Crippen LogP contribution in [0.1, 0.15) is 68.0 Å². The first-order chi connectivity index (χ1) is 15.4. The third-order valence-corrected chi connectivity index (χ3v) is 8.24. The number of carbonyl (C=O) groups excluding carboxylic acids is 1. The zero-order chi connectivity index (χ0) is 22.4. The van der Waals surface area contributed by atoms with Crippen molar-refractivity contribution in [2.75, 3.05) is 13.1 Å². The van der Waals surface area contributed by atoms with Crippen LogP contribution in [0.5, 0.6) is 0 Å². The molecule has 5 nitrogen and oxygen atoms in total. The molecule has 0 spiro atoms. The minimum Gasteiger partial charge on any atom is -0.349 e. The maximum absolute atomic E-state index is 13.0. The Labute approximate surface area is 196 Å². The summed E-state index contributed by atoms with van der Waals surface area (Å²) in [5, 5.41) is 12.3. The first-order valence-corrected chi connectivity index (χ1v) is 12.6. The second-order valence-corrected chi connectivity index (χ2v) is 11.0. The van der Waals surface area contributed by atoms with E-state index in [9.17, 15) is 4.79 Å². The second-order valence-electron chi connectivity index (χ2n) is 10.5. The topological polar surface area (TPSA) is 59.0 Å². The SMILES string of the molecule is Cc1c(C(=O)NCCNC2C3CC4CC(C3)CC2C4)nn(C(C)C)c1-c1ccc(Cl)cc1. The highest BCUT2D eigenvalue weighted by Crippen LogP contribution is 2.53. The van der Waals surface area contributed by atoms with Gasteiger partial charge in [-0.2, -0.15) is 5.10 Å². The van der Waals surface area contributed by atoms with Gasteiger partial charge in [0.1, 0.15) is 0 Å². The van der Waals surface area contributed by atoms with Crippen molar-refractivity contribution in [3.63, 3.8) is 0 Å². The Morgan fingerprint density at radius 3 is 2.28 bits per heavy atom. The molecular formula is C26H35ClN4O. The number of hydrogen-bond acceptors (Lipinski definition) is 3. The highest BCUT2D eigenvalue weighted by molar-refractivity contribution is 6.30. The quantitative estimate of drug-likeness (QED) is 0.562. The molecule has 4 aliphatic carbocycles. The van der Waals surface area contributed by atoms with Crippen LogP contribution in [0.3, 0.4) is 0 Å². The molecule has 1 heterocycles. The minimum atomic E-state index is -0.0935. The maximum atomic E-state index is 13.0. The monoisotopic (exact) mass is 454 g/mol. The molecule has 0 atom stereocenters. The molecule has 6 rings (SSSR count). The van der Waals surface area contributed by atoms with Gasteiger partial charge in [-0.15, -0.1) is 0 Å². The summed E-state index contributed by atoms with van der Waals surface area (Å²) in [5.41, 5.74) is 3.43. The van der Waals surface area contributed by atoms with E-state index in [1.54, 1.807) is 0 Å². The number of aromatic nitrogens is 2. The van der Waals surface area contributed by atoms with Crippen LogP contribution in [0.4, 0.5) is 0 Å². The fourth-order valence-electron chi connectivity index (χ4n) is 6.82. The first-order valence-electron chi connectivity index (χ1n) is 12.3. The van der Waals surface area contributed by atoms with Crippen LogP contribution < -0.4 is 10.6 Å². The number of hydrogen-bond donors (Lipinski definition) is 2. The average Bonchev–Trinajstić information content (AvgIpc) is 3.10. The number of carbonyl (C=O) groups is 1. The normalized spacial score (nSPS) is 28.5. The minimum absolute atomic E-state index is 0.0935. The van der Waals surface area contributed by atoms with Crippen molar-refractivity contribution in [1.29, 1.82) is 0 Å². The Balaban J connectivity index is 1.22. The zero-order valence-electron chi connectivity index (χ0n) is 19.4. The van der Waals surface area contributed by atoms with E-state index in [2.05, 4.69) is 29.6 Å². The Morgan fingerprint density at radius 2 is 1.69 bits per heavy atom. The number of halogens is 1.